The van der Waals surface area contributed by atoms with E-state index in [9.17, 15) is 9.18 Å². The Morgan fingerprint density at radius 3 is 2.86 bits per heavy atom. The second-order valence-electron chi connectivity index (χ2n) is 2.74. The molecule has 0 unspecified atom stereocenters. The van der Waals surface area contributed by atoms with E-state index in [0.29, 0.717) is 14.1 Å². The third-order valence-electron chi connectivity index (χ3n) is 1.89. The molecule has 2 rings (SSSR count). The van der Waals surface area contributed by atoms with Gasteiger partial charge in [-0.15, -0.1) is 0 Å². The summed E-state index contributed by atoms with van der Waals surface area (Å²) < 4.78 is 13.8. The molecule has 1 heterocycles. The molecule has 1 aromatic carbocycles. The zero-order valence-corrected chi connectivity index (χ0v) is 9.69. The van der Waals surface area contributed by atoms with Crippen LogP contribution in [-0.2, 0) is 0 Å². The Bertz CT molecular complexity index is 566. The Morgan fingerprint density at radius 2 is 2.14 bits per heavy atom. The maximum atomic E-state index is 13.3. The minimum Gasteiger partial charge on any atom is -0.359 e. The van der Waals surface area contributed by atoms with Gasteiger partial charge in [0, 0.05) is 6.20 Å². The second kappa shape index (κ2) is 3.51. The molecular formula is C9H4ClFINO. The van der Waals surface area contributed by atoms with Crippen molar-refractivity contribution in [2.45, 2.75) is 0 Å². The summed E-state index contributed by atoms with van der Waals surface area (Å²) in [5.41, 5.74) is 0.0106. The van der Waals surface area contributed by atoms with Crippen LogP contribution in [0.3, 0.4) is 0 Å². The van der Waals surface area contributed by atoms with Gasteiger partial charge in [-0.3, -0.25) is 4.79 Å². The van der Waals surface area contributed by atoms with Gasteiger partial charge in [-0.2, -0.15) is 0 Å². The fourth-order valence-corrected chi connectivity index (χ4v) is 1.87. The molecule has 1 N–H and O–H groups in total. The first kappa shape index (κ1) is 9.92. The van der Waals surface area contributed by atoms with Crippen LogP contribution in [0.2, 0.25) is 5.02 Å². The van der Waals surface area contributed by atoms with E-state index in [4.69, 9.17) is 11.6 Å². The van der Waals surface area contributed by atoms with Crippen LogP contribution in [0, 0.1) is 9.39 Å². The van der Waals surface area contributed by atoms with Gasteiger partial charge in [0.15, 0.2) is 0 Å². The number of H-pyrrole nitrogens is 1. The van der Waals surface area contributed by atoms with Gasteiger partial charge in [-0.25, -0.2) is 4.39 Å². The number of aromatic nitrogens is 1. The topological polar surface area (TPSA) is 32.9 Å². The first-order valence-corrected chi connectivity index (χ1v) is 5.22. The summed E-state index contributed by atoms with van der Waals surface area (Å²) in [7, 11) is 0. The Kier molecular flexibility index (Phi) is 2.48. The van der Waals surface area contributed by atoms with E-state index in [1.807, 2.05) is 22.6 Å². The number of nitrogens with one attached hydrogen (secondary N) is 1. The van der Waals surface area contributed by atoms with Gasteiger partial charge in [-0.05, 0) is 34.7 Å². The van der Waals surface area contributed by atoms with E-state index in [2.05, 4.69) is 4.98 Å². The fraction of sp³-hybridized carbons (Fsp3) is 0. The third kappa shape index (κ3) is 1.42. The highest BCUT2D eigenvalue weighted by Crippen LogP contribution is 2.21. The lowest BCUT2D eigenvalue weighted by Crippen LogP contribution is -2.08. The van der Waals surface area contributed by atoms with Crippen LogP contribution in [0.15, 0.2) is 23.1 Å². The molecule has 14 heavy (non-hydrogen) atoms. The van der Waals surface area contributed by atoms with Gasteiger partial charge < -0.3 is 4.98 Å². The van der Waals surface area contributed by atoms with Crippen molar-refractivity contribution in [3.63, 3.8) is 0 Å². The van der Waals surface area contributed by atoms with Crippen LogP contribution < -0.4 is 5.43 Å². The first-order valence-electron chi connectivity index (χ1n) is 3.76. The van der Waals surface area contributed by atoms with Crippen molar-refractivity contribution in [1.29, 1.82) is 0 Å². The lowest BCUT2D eigenvalue weighted by atomic mass is 10.2. The number of rotatable bonds is 0. The molecule has 2 aromatic rings. The van der Waals surface area contributed by atoms with Gasteiger partial charge >= 0.3 is 0 Å². The van der Waals surface area contributed by atoms with Crippen LogP contribution >= 0.6 is 34.2 Å². The lowest BCUT2D eigenvalue weighted by Gasteiger charge is -2.01. The summed E-state index contributed by atoms with van der Waals surface area (Å²) in [5, 5.41) is 0.360. The number of fused-ring (bicyclic) bond motifs is 1. The molecule has 0 radical (unpaired) electrons. The molecule has 0 atom stereocenters. The summed E-state index contributed by atoms with van der Waals surface area (Å²) in [5.74, 6) is -0.552. The van der Waals surface area contributed by atoms with Crippen LogP contribution in [0.5, 0.6) is 0 Å². The fourth-order valence-electron chi connectivity index (χ4n) is 1.24. The van der Waals surface area contributed by atoms with Crippen molar-refractivity contribution >= 4 is 45.1 Å². The van der Waals surface area contributed by atoms with Crippen LogP contribution in [0.4, 0.5) is 4.39 Å². The molecule has 1 aromatic heterocycles. The lowest BCUT2D eigenvalue weighted by molar-refractivity contribution is 0.639. The largest absolute Gasteiger partial charge is 0.359 e. The minimum atomic E-state index is -0.552. The molecular weight excluding hydrogens is 319 g/mol. The molecule has 0 amide bonds. The zero-order valence-electron chi connectivity index (χ0n) is 6.77. The summed E-state index contributed by atoms with van der Waals surface area (Å²) in [6.45, 7) is 0. The van der Waals surface area contributed by atoms with Crippen molar-refractivity contribution < 1.29 is 4.39 Å². The molecule has 0 bridgehead atoms. The number of halogens is 3. The van der Waals surface area contributed by atoms with Crippen molar-refractivity contribution in [3.8, 4) is 0 Å². The first-order chi connectivity index (χ1) is 6.61. The maximum absolute atomic E-state index is 13.3. The van der Waals surface area contributed by atoms with Gasteiger partial charge in [0.25, 0.3) is 0 Å². The third-order valence-corrected chi connectivity index (χ3v) is 3.01. The number of benzene rings is 1. The predicted molar refractivity (Wildman–Crippen MR) is 62.3 cm³/mol. The average Bonchev–Trinajstić information content (AvgIpc) is 2.16. The molecule has 72 valence electrons. The quantitative estimate of drug-likeness (QED) is 0.743. The molecule has 0 saturated carbocycles. The van der Waals surface area contributed by atoms with Gasteiger partial charge in [-0.1, -0.05) is 11.6 Å². The number of hydrogen-bond donors (Lipinski definition) is 1. The SMILES string of the molecule is O=c1c(I)c[nH]c2c(Cl)ccc(F)c12. The van der Waals surface area contributed by atoms with Crippen LogP contribution in [-0.4, -0.2) is 4.98 Å². The highest BCUT2D eigenvalue weighted by Gasteiger charge is 2.10. The predicted octanol–water partition coefficient (Wildman–Crippen LogP) is 2.93. The van der Waals surface area contributed by atoms with Gasteiger partial charge in [0.1, 0.15) is 5.82 Å². The number of hydrogen-bond acceptors (Lipinski definition) is 1. The van der Waals surface area contributed by atoms with Crippen LogP contribution in [0.1, 0.15) is 0 Å². The number of aromatic amines is 1. The van der Waals surface area contributed by atoms with E-state index in [1.54, 1.807) is 0 Å². The zero-order chi connectivity index (χ0) is 10.3. The molecule has 0 spiro atoms. The standard InChI is InChI=1S/C9H4ClFINO/c10-4-1-2-5(11)7-8(4)13-3-6(12)9(7)14/h1-3H,(H,13,14). The smallest absolute Gasteiger partial charge is 0.205 e. The van der Waals surface area contributed by atoms with E-state index in [1.165, 1.54) is 18.3 Å². The van der Waals surface area contributed by atoms with E-state index >= 15 is 0 Å². The summed E-state index contributed by atoms with van der Waals surface area (Å²) in [6, 6.07) is 2.61. The molecule has 0 fully saturated rings. The van der Waals surface area contributed by atoms with E-state index in [0.717, 1.165) is 0 Å². The normalized spacial score (nSPS) is 10.8. The van der Waals surface area contributed by atoms with Crippen molar-refractivity contribution in [3.05, 3.63) is 43.0 Å². The van der Waals surface area contributed by atoms with Crippen molar-refractivity contribution in [2.75, 3.05) is 0 Å². The Hall–Kier alpha value is -0.620. The molecule has 0 aliphatic rings. The highest BCUT2D eigenvalue weighted by molar-refractivity contribution is 14.1. The maximum Gasteiger partial charge on any atom is 0.205 e. The molecule has 0 aliphatic carbocycles. The molecule has 2 nitrogen and oxygen atoms in total. The molecule has 0 saturated heterocycles. The Balaban J connectivity index is 3.09. The average molecular weight is 323 g/mol. The molecule has 5 heteroatoms. The summed E-state index contributed by atoms with van der Waals surface area (Å²) >= 11 is 7.66. The highest BCUT2D eigenvalue weighted by atomic mass is 127. The Labute approximate surface area is 97.2 Å². The second-order valence-corrected chi connectivity index (χ2v) is 4.31. The Morgan fingerprint density at radius 1 is 1.43 bits per heavy atom. The summed E-state index contributed by atoms with van der Waals surface area (Å²) in [4.78, 5) is 14.4. The number of pyridine rings is 1. The molecule has 0 aliphatic heterocycles. The van der Waals surface area contributed by atoms with Crippen molar-refractivity contribution in [2.24, 2.45) is 0 Å². The summed E-state index contributed by atoms with van der Waals surface area (Å²) in [6.07, 6.45) is 1.51. The van der Waals surface area contributed by atoms with Gasteiger partial charge in [0.05, 0.1) is 19.5 Å². The van der Waals surface area contributed by atoms with Gasteiger partial charge in [0.2, 0.25) is 5.43 Å². The van der Waals surface area contributed by atoms with E-state index < -0.39 is 5.82 Å². The minimum absolute atomic E-state index is 0.0180. The van der Waals surface area contributed by atoms with Crippen LogP contribution in [0.25, 0.3) is 10.9 Å². The van der Waals surface area contributed by atoms with E-state index in [-0.39, 0.29) is 10.8 Å². The van der Waals surface area contributed by atoms with Crippen molar-refractivity contribution in [1.82, 2.24) is 4.98 Å². The monoisotopic (exact) mass is 323 g/mol.